The van der Waals surface area contributed by atoms with E-state index in [-0.39, 0.29) is 11.8 Å². The largest absolute Gasteiger partial charge is 0.339 e. The molecule has 1 aromatic carbocycles. The average molecular weight is 410 g/mol. The van der Waals surface area contributed by atoms with E-state index in [1.807, 2.05) is 46.2 Å². The van der Waals surface area contributed by atoms with Crippen LogP contribution in [0.5, 0.6) is 0 Å². The van der Waals surface area contributed by atoms with E-state index in [0.717, 1.165) is 73.8 Å². The predicted octanol–water partition coefficient (Wildman–Crippen LogP) is 4.24. The summed E-state index contributed by atoms with van der Waals surface area (Å²) in [6.45, 7) is 3.43. The van der Waals surface area contributed by atoms with Gasteiger partial charge in [0.25, 0.3) is 11.8 Å². The number of carbonyl (C=O) groups excluding carboxylic acids is 2. The summed E-state index contributed by atoms with van der Waals surface area (Å²) in [7, 11) is 0. The van der Waals surface area contributed by atoms with Crippen LogP contribution in [0.3, 0.4) is 0 Å². The first kappa shape index (κ1) is 20.0. The van der Waals surface area contributed by atoms with Gasteiger partial charge in [-0.1, -0.05) is 12.1 Å². The van der Waals surface area contributed by atoms with Gasteiger partial charge in [0.2, 0.25) is 0 Å². The zero-order chi connectivity index (χ0) is 20.1. The molecule has 2 fully saturated rings. The van der Waals surface area contributed by atoms with E-state index in [4.69, 9.17) is 0 Å². The second-order valence-corrected chi connectivity index (χ2v) is 8.72. The first-order valence-corrected chi connectivity index (χ1v) is 11.5. The maximum absolute atomic E-state index is 12.7. The van der Waals surface area contributed by atoms with Gasteiger partial charge in [-0.3, -0.25) is 9.59 Å². The van der Waals surface area contributed by atoms with Gasteiger partial charge in [0.05, 0.1) is 10.6 Å². The van der Waals surface area contributed by atoms with Crippen LogP contribution in [0, 0.1) is 0 Å². The lowest BCUT2D eigenvalue weighted by molar-refractivity contribution is 0.0723. The van der Waals surface area contributed by atoms with Gasteiger partial charge >= 0.3 is 0 Å². The van der Waals surface area contributed by atoms with Crippen LogP contribution in [0.1, 0.15) is 58.4 Å². The van der Waals surface area contributed by atoms with Gasteiger partial charge in [0, 0.05) is 43.7 Å². The molecule has 0 spiro atoms. The van der Waals surface area contributed by atoms with Gasteiger partial charge in [0.1, 0.15) is 0 Å². The number of benzene rings is 1. The fourth-order valence-electron chi connectivity index (χ4n) is 3.93. The third-order valence-corrected chi connectivity index (χ3v) is 6.60. The van der Waals surface area contributed by atoms with Crippen molar-refractivity contribution in [1.29, 1.82) is 0 Å². The lowest BCUT2D eigenvalue weighted by atomic mass is 10.1. The molecule has 0 aliphatic carbocycles. The van der Waals surface area contributed by atoms with E-state index >= 15 is 0 Å². The molecule has 0 unspecified atom stereocenters. The SMILES string of the molecule is O=C(c1cccc(CSc2ccc(C(=O)N3CCCC3)cn2)c1)N1CCCCC1. The smallest absolute Gasteiger partial charge is 0.255 e. The van der Waals surface area contributed by atoms with E-state index in [0.29, 0.717) is 5.56 Å². The first-order valence-electron chi connectivity index (χ1n) is 10.5. The van der Waals surface area contributed by atoms with Gasteiger partial charge in [0.15, 0.2) is 0 Å². The molecule has 5 nitrogen and oxygen atoms in total. The summed E-state index contributed by atoms with van der Waals surface area (Å²) in [5.74, 6) is 0.961. The molecule has 2 aromatic rings. The Bertz CT molecular complexity index is 857. The Morgan fingerprint density at radius 1 is 0.828 bits per heavy atom. The molecule has 4 rings (SSSR count). The number of hydrogen-bond donors (Lipinski definition) is 0. The Morgan fingerprint density at radius 3 is 2.14 bits per heavy atom. The Morgan fingerprint density at radius 2 is 1.48 bits per heavy atom. The van der Waals surface area contributed by atoms with E-state index in [9.17, 15) is 9.59 Å². The van der Waals surface area contributed by atoms with Gasteiger partial charge in [-0.2, -0.15) is 0 Å². The van der Waals surface area contributed by atoms with E-state index in [2.05, 4.69) is 4.98 Å². The van der Waals surface area contributed by atoms with Gasteiger partial charge < -0.3 is 9.80 Å². The van der Waals surface area contributed by atoms with Gasteiger partial charge in [-0.25, -0.2) is 4.98 Å². The Labute approximate surface area is 176 Å². The highest BCUT2D eigenvalue weighted by Crippen LogP contribution is 2.23. The number of nitrogens with zero attached hydrogens (tertiary/aromatic N) is 3. The van der Waals surface area contributed by atoms with Gasteiger partial charge in [-0.05, 0) is 61.9 Å². The summed E-state index contributed by atoms with van der Waals surface area (Å²) in [5, 5.41) is 0.885. The Balaban J connectivity index is 1.35. The molecule has 2 saturated heterocycles. The number of amides is 2. The van der Waals surface area contributed by atoms with Crippen molar-refractivity contribution < 1.29 is 9.59 Å². The average Bonchev–Trinajstić information content (AvgIpc) is 3.33. The van der Waals surface area contributed by atoms with Crippen LogP contribution in [-0.4, -0.2) is 52.8 Å². The summed E-state index contributed by atoms with van der Waals surface area (Å²) in [6, 6.07) is 11.7. The van der Waals surface area contributed by atoms with Crippen molar-refractivity contribution >= 4 is 23.6 Å². The molecule has 152 valence electrons. The second-order valence-electron chi connectivity index (χ2n) is 7.73. The molecule has 2 amide bonds. The summed E-state index contributed by atoms with van der Waals surface area (Å²) < 4.78 is 0. The summed E-state index contributed by atoms with van der Waals surface area (Å²) in [4.78, 5) is 33.4. The number of piperidine rings is 1. The van der Waals surface area contributed by atoms with E-state index < -0.39 is 0 Å². The molecular weight excluding hydrogens is 382 g/mol. The molecule has 0 N–H and O–H groups in total. The molecule has 0 radical (unpaired) electrons. The molecule has 29 heavy (non-hydrogen) atoms. The molecule has 2 aliphatic heterocycles. The molecule has 0 atom stereocenters. The van der Waals surface area contributed by atoms with Crippen LogP contribution in [0.2, 0.25) is 0 Å². The Hall–Kier alpha value is -2.34. The fraction of sp³-hybridized carbons (Fsp3) is 0.435. The molecule has 2 aliphatic rings. The number of pyridine rings is 1. The van der Waals surface area contributed by atoms with Crippen LogP contribution >= 0.6 is 11.8 Å². The minimum atomic E-state index is 0.0791. The molecular formula is C23H27N3O2S. The third-order valence-electron chi connectivity index (χ3n) is 5.58. The molecule has 6 heteroatoms. The molecule has 0 bridgehead atoms. The fourth-order valence-corrected chi connectivity index (χ4v) is 4.71. The van der Waals surface area contributed by atoms with Crippen LogP contribution in [0.25, 0.3) is 0 Å². The maximum atomic E-state index is 12.7. The van der Waals surface area contributed by atoms with Crippen molar-refractivity contribution in [2.45, 2.75) is 42.9 Å². The number of carbonyl (C=O) groups is 2. The molecule has 1 aromatic heterocycles. The number of hydrogen-bond acceptors (Lipinski definition) is 4. The van der Waals surface area contributed by atoms with Crippen LogP contribution in [0.15, 0.2) is 47.6 Å². The quantitative estimate of drug-likeness (QED) is 0.693. The highest BCUT2D eigenvalue weighted by molar-refractivity contribution is 7.98. The normalized spacial score (nSPS) is 16.8. The number of thioether (sulfide) groups is 1. The van der Waals surface area contributed by atoms with Crippen molar-refractivity contribution in [3.05, 3.63) is 59.3 Å². The van der Waals surface area contributed by atoms with Crippen molar-refractivity contribution in [3.8, 4) is 0 Å². The van der Waals surface area contributed by atoms with Crippen LogP contribution < -0.4 is 0 Å². The lowest BCUT2D eigenvalue weighted by Gasteiger charge is -2.26. The molecule has 3 heterocycles. The number of aromatic nitrogens is 1. The standard InChI is InChI=1S/C23H27N3O2S/c27-22(25-11-2-1-3-12-25)19-8-6-7-18(15-19)17-29-21-10-9-20(16-24-21)23(28)26-13-4-5-14-26/h6-10,15-16H,1-5,11-14,17H2. The Kier molecular flexibility index (Phi) is 6.49. The summed E-state index contributed by atoms with van der Waals surface area (Å²) >= 11 is 1.62. The zero-order valence-electron chi connectivity index (χ0n) is 16.7. The minimum Gasteiger partial charge on any atom is -0.339 e. The monoisotopic (exact) mass is 409 g/mol. The van der Waals surface area contributed by atoms with E-state index in [1.54, 1.807) is 18.0 Å². The topological polar surface area (TPSA) is 53.5 Å². The van der Waals surface area contributed by atoms with Crippen molar-refractivity contribution in [1.82, 2.24) is 14.8 Å². The summed E-state index contributed by atoms with van der Waals surface area (Å²) in [5.41, 5.74) is 2.53. The summed E-state index contributed by atoms with van der Waals surface area (Å²) in [6.07, 6.45) is 7.28. The number of likely N-dealkylation sites (tertiary alicyclic amines) is 2. The highest BCUT2D eigenvalue weighted by Gasteiger charge is 2.20. The van der Waals surface area contributed by atoms with Crippen LogP contribution in [-0.2, 0) is 5.75 Å². The third kappa shape index (κ3) is 4.99. The van der Waals surface area contributed by atoms with E-state index in [1.165, 1.54) is 6.42 Å². The highest BCUT2D eigenvalue weighted by atomic mass is 32.2. The zero-order valence-corrected chi connectivity index (χ0v) is 17.5. The number of rotatable bonds is 5. The molecule has 0 saturated carbocycles. The minimum absolute atomic E-state index is 0.0791. The second kappa shape index (κ2) is 9.44. The van der Waals surface area contributed by atoms with Crippen molar-refractivity contribution in [2.24, 2.45) is 0 Å². The predicted molar refractivity (Wildman–Crippen MR) is 115 cm³/mol. The maximum Gasteiger partial charge on any atom is 0.255 e. The van der Waals surface area contributed by atoms with Gasteiger partial charge in [-0.15, -0.1) is 11.8 Å². The van der Waals surface area contributed by atoms with Crippen molar-refractivity contribution in [2.75, 3.05) is 26.2 Å². The lowest BCUT2D eigenvalue weighted by Crippen LogP contribution is -2.35. The van der Waals surface area contributed by atoms with Crippen LogP contribution in [0.4, 0.5) is 0 Å². The first-order chi connectivity index (χ1) is 14.2. The van der Waals surface area contributed by atoms with Crippen molar-refractivity contribution in [3.63, 3.8) is 0 Å².